The SMILES string of the molecule is CC(C)(C)[C@H](O)C[C@@H](CO)NC(=O)COc1cc(Cl)cc(Cl)c1. The summed E-state index contributed by atoms with van der Waals surface area (Å²) < 4.78 is 5.32. The first-order chi connectivity index (χ1) is 10.6. The normalized spacial score (nSPS) is 14.2. The van der Waals surface area contributed by atoms with Crippen molar-refractivity contribution in [2.75, 3.05) is 13.2 Å². The number of benzene rings is 1. The molecule has 7 heteroatoms. The minimum atomic E-state index is -0.646. The molecule has 0 saturated heterocycles. The van der Waals surface area contributed by atoms with Crippen LogP contribution in [0, 0.1) is 5.41 Å². The molecule has 0 aliphatic heterocycles. The van der Waals surface area contributed by atoms with Gasteiger partial charge in [0, 0.05) is 10.0 Å². The number of hydrogen-bond donors (Lipinski definition) is 3. The van der Waals surface area contributed by atoms with Crippen molar-refractivity contribution in [3.8, 4) is 5.75 Å². The van der Waals surface area contributed by atoms with Crippen LogP contribution < -0.4 is 10.1 Å². The quantitative estimate of drug-likeness (QED) is 0.695. The lowest BCUT2D eigenvalue weighted by Crippen LogP contribution is -2.44. The van der Waals surface area contributed by atoms with Crippen LogP contribution in [0.3, 0.4) is 0 Å². The molecule has 2 atom stereocenters. The summed E-state index contributed by atoms with van der Waals surface area (Å²) in [5.41, 5.74) is -0.327. The highest BCUT2D eigenvalue weighted by Gasteiger charge is 2.26. The fourth-order valence-corrected chi connectivity index (χ4v) is 2.34. The summed E-state index contributed by atoms with van der Waals surface area (Å²) in [5.74, 6) is -0.0193. The first kappa shape index (κ1) is 20.0. The molecule has 0 aliphatic carbocycles. The fourth-order valence-electron chi connectivity index (χ4n) is 1.83. The Hall–Kier alpha value is -1.01. The topological polar surface area (TPSA) is 78.8 Å². The van der Waals surface area contributed by atoms with Gasteiger partial charge in [0.1, 0.15) is 5.75 Å². The Morgan fingerprint density at radius 2 is 1.83 bits per heavy atom. The minimum absolute atomic E-state index is 0.237. The van der Waals surface area contributed by atoms with Gasteiger partial charge < -0.3 is 20.3 Å². The largest absolute Gasteiger partial charge is 0.484 e. The maximum atomic E-state index is 11.9. The second-order valence-corrected chi connectivity index (χ2v) is 7.33. The molecule has 0 spiro atoms. The second-order valence-electron chi connectivity index (χ2n) is 6.46. The van der Waals surface area contributed by atoms with Gasteiger partial charge in [0.05, 0.1) is 18.8 Å². The van der Waals surface area contributed by atoms with Gasteiger partial charge in [-0.2, -0.15) is 0 Å². The maximum Gasteiger partial charge on any atom is 0.258 e. The van der Waals surface area contributed by atoms with E-state index in [0.29, 0.717) is 15.8 Å². The van der Waals surface area contributed by atoms with Gasteiger partial charge in [-0.25, -0.2) is 0 Å². The van der Waals surface area contributed by atoms with Crippen molar-refractivity contribution < 1.29 is 19.7 Å². The highest BCUT2D eigenvalue weighted by Crippen LogP contribution is 2.24. The summed E-state index contributed by atoms with van der Waals surface area (Å²) in [6.07, 6.45) is -0.387. The molecule has 0 radical (unpaired) electrons. The summed E-state index contributed by atoms with van der Waals surface area (Å²) in [4.78, 5) is 11.9. The summed E-state index contributed by atoms with van der Waals surface area (Å²) >= 11 is 11.7. The van der Waals surface area contributed by atoms with Crippen LogP contribution >= 0.6 is 23.2 Å². The molecule has 1 amide bonds. The molecule has 23 heavy (non-hydrogen) atoms. The van der Waals surface area contributed by atoms with E-state index < -0.39 is 18.1 Å². The van der Waals surface area contributed by atoms with Crippen molar-refractivity contribution in [2.24, 2.45) is 5.41 Å². The molecule has 130 valence electrons. The number of aliphatic hydroxyl groups excluding tert-OH is 2. The third-order valence-corrected chi connectivity index (χ3v) is 3.74. The van der Waals surface area contributed by atoms with Gasteiger partial charge in [0.2, 0.25) is 0 Å². The first-order valence-electron chi connectivity index (χ1n) is 7.29. The lowest BCUT2D eigenvalue weighted by Gasteiger charge is -2.29. The Balaban J connectivity index is 2.50. The van der Waals surface area contributed by atoms with Crippen LogP contribution in [0.5, 0.6) is 5.75 Å². The third-order valence-electron chi connectivity index (χ3n) is 3.30. The number of nitrogens with one attached hydrogen (secondary N) is 1. The Labute approximate surface area is 146 Å². The monoisotopic (exact) mass is 363 g/mol. The van der Waals surface area contributed by atoms with E-state index in [1.807, 2.05) is 20.8 Å². The van der Waals surface area contributed by atoms with E-state index in [1.165, 1.54) is 0 Å². The molecule has 1 aromatic carbocycles. The Morgan fingerprint density at radius 1 is 1.26 bits per heavy atom. The van der Waals surface area contributed by atoms with Crippen LogP contribution in [0.15, 0.2) is 18.2 Å². The van der Waals surface area contributed by atoms with Crippen molar-refractivity contribution in [1.82, 2.24) is 5.32 Å². The number of hydrogen-bond acceptors (Lipinski definition) is 4. The Morgan fingerprint density at radius 3 is 2.30 bits per heavy atom. The first-order valence-corrected chi connectivity index (χ1v) is 8.04. The summed E-state index contributed by atoms with van der Waals surface area (Å²) in [6, 6.07) is 4.12. The molecule has 0 aromatic heterocycles. The Bertz CT molecular complexity index is 511. The molecule has 0 unspecified atom stereocenters. The lowest BCUT2D eigenvalue weighted by atomic mass is 9.85. The maximum absolute atomic E-state index is 11.9. The van der Waals surface area contributed by atoms with Crippen LogP contribution in [0.25, 0.3) is 0 Å². The molecule has 0 saturated carbocycles. The number of amides is 1. The second kappa shape index (κ2) is 8.73. The minimum Gasteiger partial charge on any atom is -0.484 e. The van der Waals surface area contributed by atoms with E-state index in [0.717, 1.165) is 0 Å². The van der Waals surface area contributed by atoms with Crippen molar-refractivity contribution in [3.63, 3.8) is 0 Å². The van der Waals surface area contributed by atoms with Crippen molar-refractivity contribution >= 4 is 29.1 Å². The number of aliphatic hydroxyl groups is 2. The van der Waals surface area contributed by atoms with Gasteiger partial charge in [-0.15, -0.1) is 0 Å². The molecule has 1 aromatic rings. The molecule has 0 fully saturated rings. The molecule has 0 aliphatic rings. The fraction of sp³-hybridized carbons (Fsp3) is 0.562. The van der Waals surface area contributed by atoms with Crippen molar-refractivity contribution in [1.29, 1.82) is 0 Å². The summed E-state index contributed by atoms with van der Waals surface area (Å²) in [7, 11) is 0. The average Bonchev–Trinajstić information content (AvgIpc) is 2.42. The molecule has 1 rings (SSSR count). The van der Waals surface area contributed by atoms with Crippen LogP contribution in [-0.2, 0) is 4.79 Å². The average molecular weight is 364 g/mol. The number of halogens is 2. The van der Waals surface area contributed by atoms with Crippen LogP contribution in [-0.4, -0.2) is 41.5 Å². The van der Waals surface area contributed by atoms with E-state index in [1.54, 1.807) is 18.2 Å². The van der Waals surface area contributed by atoms with Crippen molar-refractivity contribution in [3.05, 3.63) is 28.2 Å². The van der Waals surface area contributed by atoms with Crippen LogP contribution in [0.1, 0.15) is 27.2 Å². The van der Waals surface area contributed by atoms with E-state index in [2.05, 4.69) is 5.32 Å². The van der Waals surface area contributed by atoms with E-state index >= 15 is 0 Å². The van der Waals surface area contributed by atoms with E-state index in [-0.39, 0.29) is 25.0 Å². The summed E-state index contributed by atoms with van der Waals surface area (Å²) in [6.45, 7) is 5.17. The zero-order valence-electron chi connectivity index (χ0n) is 13.5. The lowest BCUT2D eigenvalue weighted by molar-refractivity contribution is -0.124. The van der Waals surface area contributed by atoms with Gasteiger partial charge in [-0.05, 0) is 30.0 Å². The Kier molecular flexibility index (Phi) is 7.61. The molecule has 0 heterocycles. The predicted octanol–water partition coefficient (Wildman–Crippen LogP) is 2.65. The highest BCUT2D eigenvalue weighted by atomic mass is 35.5. The predicted molar refractivity (Wildman–Crippen MR) is 91.1 cm³/mol. The summed E-state index contributed by atoms with van der Waals surface area (Å²) in [5, 5.41) is 22.8. The van der Waals surface area contributed by atoms with Gasteiger partial charge in [-0.3, -0.25) is 4.79 Å². The van der Waals surface area contributed by atoms with Gasteiger partial charge in [0.15, 0.2) is 6.61 Å². The van der Waals surface area contributed by atoms with Crippen molar-refractivity contribution in [2.45, 2.75) is 39.3 Å². The molecular weight excluding hydrogens is 341 g/mol. The highest BCUT2D eigenvalue weighted by molar-refractivity contribution is 6.34. The van der Waals surface area contributed by atoms with E-state index in [9.17, 15) is 15.0 Å². The molecular formula is C16H23Cl2NO4. The standard InChI is InChI=1S/C16H23Cl2NO4/c1-16(2,3)14(21)7-12(8-20)19-15(22)9-23-13-5-10(17)4-11(18)6-13/h4-6,12,14,20-21H,7-9H2,1-3H3,(H,19,22)/t12-,14+/m0/s1. The molecule has 0 bridgehead atoms. The van der Waals surface area contributed by atoms with Gasteiger partial charge in [0.25, 0.3) is 5.91 Å². The number of ether oxygens (including phenoxy) is 1. The number of carbonyl (C=O) groups excluding carboxylic acids is 1. The third kappa shape index (κ3) is 7.40. The van der Waals surface area contributed by atoms with E-state index in [4.69, 9.17) is 27.9 Å². The molecule has 3 N–H and O–H groups in total. The van der Waals surface area contributed by atoms with Crippen LogP contribution in [0.2, 0.25) is 10.0 Å². The zero-order valence-corrected chi connectivity index (χ0v) is 15.0. The van der Waals surface area contributed by atoms with Crippen LogP contribution in [0.4, 0.5) is 0 Å². The number of rotatable bonds is 7. The smallest absolute Gasteiger partial charge is 0.258 e. The molecule has 5 nitrogen and oxygen atoms in total. The van der Waals surface area contributed by atoms with Gasteiger partial charge >= 0.3 is 0 Å². The zero-order chi connectivity index (χ0) is 17.6. The van der Waals surface area contributed by atoms with Gasteiger partial charge in [-0.1, -0.05) is 44.0 Å². The number of carbonyl (C=O) groups is 1.